The second kappa shape index (κ2) is 8.21. The lowest BCUT2D eigenvalue weighted by Crippen LogP contribution is -2.34. The molecule has 0 spiro atoms. The summed E-state index contributed by atoms with van der Waals surface area (Å²) in [5.74, 6) is 1.34. The summed E-state index contributed by atoms with van der Waals surface area (Å²) in [5, 5.41) is 3.18. The van der Waals surface area contributed by atoms with Crippen molar-refractivity contribution in [3.05, 3.63) is 35.9 Å². The van der Waals surface area contributed by atoms with E-state index in [0.29, 0.717) is 0 Å². The number of benzene rings is 1. The first-order chi connectivity index (χ1) is 10.2. The van der Waals surface area contributed by atoms with E-state index in [1.165, 1.54) is 37.7 Å². The standard InChI is InChI=1S/C19H29NO/c1-3-4-8-16-11-13-18(14-12-16)19(21)20-15(2)17-9-6-5-7-10-17/h5-7,9-10,15-16,18H,3-4,8,11-14H2,1-2H3,(H,20,21). The number of carbonyl (C=O) groups is 1. The van der Waals surface area contributed by atoms with E-state index in [1.807, 2.05) is 18.2 Å². The molecule has 1 aliphatic rings. The van der Waals surface area contributed by atoms with Crippen molar-refractivity contribution in [2.45, 2.75) is 64.8 Å². The minimum absolute atomic E-state index is 0.108. The van der Waals surface area contributed by atoms with Gasteiger partial charge in [0.05, 0.1) is 6.04 Å². The molecule has 1 aromatic rings. The number of hydrogen-bond donors (Lipinski definition) is 1. The van der Waals surface area contributed by atoms with Crippen molar-refractivity contribution in [3.63, 3.8) is 0 Å². The average molecular weight is 287 g/mol. The van der Waals surface area contributed by atoms with Gasteiger partial charge in [0.15, 0.2) is 0 Å². The fourth-order valence-electron chi connectivity index (χ4n) is 3.36. The summed E-state index contributed by atoms with van der Waals surface area (Å²) < 4.78 is 0. The maximum absolute atomic E-state index is 12.4. The van der Waals surface area contributed by atoms with Gasteiger partial charge in [-0.25, -0.2) is 0 Å². The van der Waals surface area contributed by atoms with Gasteiger partial charge in [-0.3, -0.25) is 4.79 Å². The first kappa shape index (κ1) is 16.1. The van der Waals surface area contributed by atoms with E-state index in [2.05, 4.69) is 31.3 Å². The molecule has 0 bridgehead atoms. The van der Waals surface area contributed by atoms with E-state index in [-0.39, 0.29) is 17.9 Å². The number of carbonyl (C=O) groups excluding carboxylic acids is 1. The third-order valence-electron chi connectivity index (χ3n) is 4.84. The van der Waals surface area contributed by atoms with Gasteiger partial charge in [-0.2, -0.15) is 0 Å². The van der Waals surface area contributed by atoms with E-state index < -0.39 is 0 Å². The van der Waals surface area contributed by atoms with Gasteiger partial charge in [0.25, 0.3) is 0 Å². The van der Waals surface area contributed by atoms with Crippen LogP contribution in [0.3, 0.4) is 0 Å². The molecule has 1 unspecified atom stereocenters. The van der Waals surface area contributed by atoms with Crippen LogP contribution >= 0.6 is 0 Å². The lowest BCUT2D eigenvalue weighted by atomic mass is 9.79. The van der Waals surface area contributed by atoms with Crippen LogP contribution in [0.4, 0.5) is 0 Å². The lowest BCUT2D eigenvalue weighted by Gasteiger charge is -2.28. The molecule has 1 saturated carbocycles. The third kappa shape index (κ3) is 4.87. The molecule has 2 heteroatoms. The Kier molecular flexibility index (Phi) is 6.28. The second-order valence-electron chi connectivity index (χ2n) is 6.50. The molecule has 0 aliphatic heterocycles. The zero-order valence-electron chi connectivity index (χ0n) is 13.5. The minimum Gasteiger partial charge on any atom is -0.349 e. The summed E-state index contributed by atoms with van der Waals surface area (Å²) in [6.07, 6.45) is 8.59. The predicted molar refractivity (Wildman–Crippen MR) is 88.0 cm³/mol. The highest BCUT2D eigenvalue weighted by atomic mass is 16.1. The van der Waals surface area contributed by atoms with Crippen LogP contribution in [0.15, 0.2) is 30.3 Å². The van der Waals surface area contributed by atoms with E-state index in [1.54, 1.807) is 0 Å². The van der Waals surface area contributed by atoms with Gasteiger partial charge in [-0.1, -0.05) is 56.5 Å². The Morgan fingerprint density at radius 2 is 1.86 bits per heavy atom. The summed E-state index contributed by atoms with van der Waals surface area (Å²) in [5.41, 5.74) is 1.18. The first-order valence-corrected chi connectivity index (χ1v) is 8.56. The van der Waals surface area contributed by atoms with Crippen LogP contribution in [0.2, 0.25) is 0 Å². The molecule has 1 N–H and O–H groups in total. The number of amides is 1. The van der Waals surface area contributed by atoms with Crippen LogP contribution in [0.25, 0.3) is 0 Å². The van der Waals surface area contributed by atoms with Crippen molar-refractivity contribution in [1.82, 2.24) is 5.32 Å². The summed E-state index contributed by atoms with van der Waals surface area (Å²) in [7, 11) is 0. The largest absolute Gasteiger partial charge is 0.349 e. The molecule has 0 saturated heterocycles. The lowest BCUT2D eigenvalue weighted by molar-refractivity contribution is -0.126. The molecule has 1 atom stereocenters. The summed E-state index contributed by atoms with van der Waals surface area (Å²) in [6, 6.07) is 10.3. The Labute approximate surface area is 129 Å². The van der Waals surface area contributed by atoms with Crippen molar-refractivity contribution in [2.24, 2.45) is 11.8 Å². The van der Waals surface area contributed by atoms with Gasteiger partial charge in [0.2, 0.25) is 5.91 Å². The molecule has 21 heavy (non-hydrogen) atoms. The van der Waals surface area contributed by atoms with Gasteiger partial charge in [-0.05, 0) is 44.1 Å². The van der Waals surface area contributed by atoms with Crippen LogP contribution in [0.1, 0.15) is 70.4 Å². The summed E-state index contributed by atoms with van der Waals surface area (Å²) in [6.45, 7) is 4.32. The van der Waals surface area contributed by atoms with Crippen LogP contribution in [-0.2, 0) is 4.79 Å². The fraction of sp³-hybridized carbons (Fsp3) is 0.632. The molecule has 0 aromatic heterocycles. The molecule has 116 valence electrons. The first-order valence-electron chi connectivity index (χ1n) is 8.56. The monoisotopic (exact) mass is 287 g/mol. The van der Waals surface area contributed by atoms with E-state index >= 15 is 0 Å². The van der Waals surface area contributed by atoms with Gasteiger partial charge in [-0.15, -0.1) is 0 Å². The molecule has 1 aromatic carbocycles. The van der Waals surface area contributed by atoms with Crippen molar-refractivity contribution < 1.29 is 4.79 Å². The van der Waals surface area contributed by atoms with E-state index in [4.69, 9.17) is 0 Å². The zero-order chi connectivity index (χ0) is 15.1. The number of rotatable bonds is 6. The van der Waals surface area contributed by atoms with Crippen LogP contribution in [-0.4, -0.2) is 5.91 Å². The minimum atomic E-state index is 0.108. The molecule has 1 amide bonds. The number of unbranched alkanes of at least 4 members (excludes halogenated alkanes) is 1. The van der Waals surface area contributed by atoms with Crippen LogP contribution in [0, 0.1) is 11.8 Å². The topological polar surface area (TPSA) is 29.1 Å². The molecular formula is C19H29NO. The van der Waals surface area contributed by atoms with Gasteiger partial charge in [0, 0.05) is 5.92 Å². The van der Waals surface area contributed by atoms with Crippen molar-refractivity contribution >= 4 is 5.91 Å². The SMILES string of the molecule is CCCCC1CCC(C(=O)NC(C)c2ccccc2)CC1. The van der Waals surface area contributed by atoms with Crippen LogP contribution in [0.5, 0.6) is 0 Å². The highest BCUT2D eigenvalue weighted by Crippen LogP contribution is 2.32. The van der Waals surface area contributed by atoms with Gasteiger partial charge >= 0.3 is 0 Å². The zero-order valence-corrected chi connectivity index (χ0v) is 13.5. The predicted octanol–water partition coefficient (Wildman–Crippen LogP) is 4.86. The summed E-state index contributed by atoms with van der Waals surface area (Å²) in [4.78, 5) is 12.4. The third-order valence-corrected chi connectivity index (χ3v) is 4.84. The Bertz CT molecular complexity index is 420. The van der Waals surface area contributed by atoms with E-state index in [0.717, 1.165) is 18.8 Å². The molecule has 1 fully saturated rings. The molecule has 0 heterocycles. The van der Waals surface area contributed by atoms with Crippen molar-refractivity contribution in [1.29, 1.82) is 0 Å². The fourth-order valence-corrected chi connectivity index (χ4v) is 3.36. The Morgan fingerprint density at radius 3 is 2.48 bits per heavy atom. The normalized spacial score (nSPS) is 23.5. The quantitative estimate of drug-likeness (QED) is 0.795. The maximum atomic E-state index is 12.4. The van der Waals surface area contributed by atoms with E-state index in [9.17, 15) is 4.79 Å². The maximum Gasteiger partial charge on any atom is 0.223 e. The molecular weight excluding hydrogens is 258 g/mol. The Morgan fingerprint density at radius 1 is 1.19 bits per heavy atom. The second-order valence-corrected chi connectivity index (χ2v) is 6.50. The van der Waals surface area contributed by atoms with Crippen LogP contribution < -0.4 is 5.32 Å². The number of hydrogen-bond acceptors (Lipinski definition) is 1. The molecule has 1 aliphatic carbocycles. The number of nitrogens with one attached hydrogen (secondary N) is 1. The average Bonchev–Trinajstić information content (AvgIpc) is 2.54. The van der Waals surface area contributed by atoms with Gasteiger partial charge < -0.3 is 5.32 Å². The highest BCUT2D eigenvalue weighted by Gasteiger charge is 2.26. The molecule has 2 nitrogen and oxygen atoms in total. The van der Waals surface area contributed by atoms with Crippen molar-refractivity contribution in [2.75, 3.05) is 0 Å². The molecule has 2 rings (SSSR count). The Balaban J connectivity index is 1.77. The Hall–Kier alpha value is -1.31. The highest BCUT2D eigenvalue weighted by molar-refractivity contribution is 5.79. The summed E-state index contributed by atoms with van der Waals surface area (Å²) >= 11 is 0. The van der Waals surface area contributed by atoms with Gasteiger partial charge in [0.1, 0.15) is 0 Å². The smallest absolute Gasteiger partial charge is 0.223 e. The van der Waals surface area contributed by atoms with Crippen molar-refractivity contribution in [3.8, 4) is 0 Å². The molecule has 0 radical (unpaired) electrons.